The van der Waals surface area contributed by atoms with Crippen molar-refractivity contribution in [2.45, 2.75) is 19.3 Å². The van der Waals surface area contributed by atoms with Crippen molar-refractivity contribution in [3.8, 4) is 0 Å². The first-order valence-electron chi connectivity index (χ1n) is 7.25. The number of para-hydroxylation sites is 1. The van der Waals surface area contributed by atoms with Crippen LogP contribution in [0.1, 0.15) is 18.4 Å². The Morgan fingerprint density at radius 2 is 1.60 bits per heavy atom. The van der Waals surface area contributed by atoms with Crippen LogP contribution < -0.4 is 4.90 Å². The predicted molar refractivity (Wildman–Crippen MR) is 81.7 cm³/mol. The summed E-state index contributed by atoms with van der Waals surface area (Å²) in [6.45, 7) is 0.841. The second kappa shape index (κ2) is 5.91. The number of carbonyl (C=O) groups excluding carboxylic acids is 1. The Labute approximate surface area is 120 Å². The molecule has 1 unspecified atom stereocenters. The molecule has 2 heteroatoms. The normalized spacial score (nSPS) is 19.1. The third-order valence-electron chi connectivity index (χ3n) is 3.94. The molecule has 0 spiro atoms. The van der Waals surface area contributed by atoms with Gasteiger partial charge in [0.2, 0.25) is 5.91 Å². The first kappa shape index (κ1) is 12.9. The summed E-state index contributed by atoms with van der Waals surface area (Å²) in [6, 6.07) is 20.3. The van der Waals surface area contributed by atoms with Crippen LogP contribution in [0, 0.1) is 5.92 Å². The van der Waals surface area contributed by atoms with Gasteiger partial charge in [-0.15, -0.1) is 0 Å². The van der Waals surface area contributed by atoms with Gasteiger partial charge in [-0.25, -0.2) is 0 Å². The second-order valence-corrected chi connectivity index (χ2v) is 5.35. The molecule has 102 valence electrons. The number of amides is 1. The zero-order chi connectivity index (χ0) is 13.8. The largest absolute Gasteiger partial charge is 0.312 e. The van der Waals surface area contributed by atoms with Gasteiger partial charge in [0, 0.05) is 18.2 Å². The molecule has 20 heavy (non-hydrogen) atoms. The van der Waals surface area contributed by atoms with Gasteiger partial charge in [-0.3, -0.25) is 4.79 Å². The minimum absolute atomic E-state index is 0.117. The lowest BCUT2D eigenvalue weighted by Gasteiger charge is -2.32. The van der Waals surface area contributed by atoms with Crippen LogP contribution in [-0.2, 0) is 11.2 Å². The van der Waals surface area contributed by atoms with Crippen LogP contribution in [0.5, 0.6) is 0 Å². The van der Waals surface area contributed by atoms with E-state index in [1.165, 1.54) is 5.56 Å². The van der Waals surface area contributed by atoms with Crippen molar-refractivity contribution < 1.29 is 4.79 Å². The summed E-state index contributed by atoms with van der Waals surface area (Å²) in [6.07, 6.45) is 2.93. The van der Waals surface area contributed by atoms with Crippen LogP contribution in [0.25, 0.3) is 0 Å². The van der Waals surface area contributed by atoms with E-state index in [9.17, 15) is 4.79 Å². The minimum atomic E-state index is 0.117. The molecule has 1 saturated heterocycles. The van der Waals surface area contributed by atoms with Gasteiger partial charge in [0.25, 0.3) is 0 Å². The highest BCUT2D eigenvalue weighted by atomic mass is 16.2. The summed E-state index contributed by atoms with van der Waals surface area (Å²) in [5.74, 6) is 0.387. The fourth-order valence-electron chi connectivity index (χ4n) is 2.90. The summed E-state index contributed by atoms with van der Waals surface area (Å²) in [5.41, 5.74) is 2.27. The van der Waals surface area contributed by atoms with Crippen LogP contribution in [0.15, 0.2) is 60.7 Å². The highest BCUT2D eigenvalue weighted by molar-refractivity contribution is 5.95. The molecule has 0 aliphatic carbocycles. The van der Waals surface area contributed by atoms with Crippen LogP contribution in [-0.4, -0.2) is 12.5 Å². The molecule has 2 nitrogen and oxygen atoms in total. The summed E-state index contributed by atoms with van der Waals surface area (Å²) in [7, 11) is 0. The molecule has 0 bridgehead atoms. The number of carbonyl (C=O) groups is 1. The lowest BCUT2D eigenvalue weighted by atomic mass is 9.90. The molecule has 0 aromatic heterocycles. The molecule has 1 amide bonds. The first-order valence-corrected chi connectivity index (χ1v) is 7.25. The molecule has 1 atom stereocenters. The number of rotatable bonds is 3. The van der Waals surface area contributed by atoms with Gasteiger partial charge in [-0.05, 0) is 37.0 Å². The average Bonchev–Trinajstić information content (AvgIpc) is 2.51. The summed E-state index contributed by atoms with van der Waals surface area (Å²) < 4.78 is 0. The van der Waals surface area contributed by atoms with Crippen molar-refractivity contribution in [1.82, 2.24) is 0 Å². The fourth-order valence-corrected chi connectivity index (χ4v) is 2.90. The lowest BCUT2D eigenvalue weighted by Crippen LogP contribution is -2.42. The van der Waals surface area contributed by atoms with Gasteiger partial charge >= 0.3 is 0 Å². The molecule has 1 heterocycles. The highest BCUT2D eigenvalue weighted by Crippen LogP contribution is 2.26. The van der Waals surface area contributed by atoms with E-state index < -0.39 is 0 Å². The molecule has 0 saturated carbocycles. The summed E-state index contributed by atoms with van der Waals surface area (Å²) >= 11 is 0. The van der Waals surface area contributed by atoms with Crippen molar-refractivity contribution >= 4 is 11.6 Å². The topological polar surface area (TPSA) is 20.3 Å². The van der Waals surface area contributed by atoms with Crippen LogP contribution in [0.2, 0.25) is 0 Å². The maximum Gasteiger partial charge on any atom is 0.230 e. The zero-order valence-electron chi connectivity index (χ0n) is 11.5. The number of hydrogen-bond donors (Lipinski definition) is 0. The second-order valence-electron chi connectivity index (χ2n) is 5.35. The molecule has 1 aliphatic heterocycles. The van der Waals surface area contributed by atoms with Crippen molar-refractivity contribution in [3.05, 3.63) is 66.2 Å². The Morgan fingerprint density at radius 3 is 2.30 bits per heavy atom. The lowest BCUT2D eigenvalue weighted by molar-refractivity contribution is -0.123. The zero-order valence-corrected chi connectivity index (χ0v) is 11.5. The van der Waals surface area contributed by atoms with E-state index in [1.807, 2.05) is 53.4 Å². The van der Waals surface area contributed by atoms with Gasteiger partial charge in [0.05, 0.1) is 0 Å². The maximum atomic E-state index is 12.7. The van der Waals surface area contributed by atoms with E-state index in [0.29, 0.717) is 0 Å². The Kier molecular flexibility index (Phi) is 3.82. The summed E-state index contributed by atoms with van der Waals surface area (Å²) in [4.78, 5) is 14.6. The standard InChI is InChI=1S/C18H19NO/c20-18-16(14-15-8-3-1-4-9-15)10-7-13-19(18)17-11-5-2-6-12-17/h1-6,8-9,11-12,16H,7,10,13-14H2. The van der Waals surface area contributed by atoms with E-state index in [2.05, 4.69) is 12.1 Å². The number of nitrogens with zero attached hydrogens (tertiary/aromatic N) is 1. The van der Waals surface area contributed by atoms with Crippen molar-refractivity contribution in [2.75, 3.05) is 11.4 Å². The molecule has 0 N–H and O–H groups in total. The van der Waals surface area contributed by atoms with Gasteiger partial charge in [-0.2, -0.15) is 0 Å². The SMILES string of the molecule is O=C1C(Cc2ccccc2)CCCN1c1ccccc1. The third kappa shape index (κ3) is 2.74. The smallest absolute Gasteiger partial charge is 0.230 e. The number of anilines is 1. The minimum Gasteiger partial charge on any atom is -0.312 e. The van der Waals surface area contributed by atoms with Crippen molar-refractivity contribution in [1.29, 1.82) is 0 Å². The molecule has 3 rings (SSSR count). The van der Waals surface area contributed by atoms with Gasteiger partial charge in [0.15, 0.2) is 0 Å². The number of piperidine rings is 1. The Bertz CT molecular complexity index is 564. The van der Waals surface area contributed by atoms with Gasteiger partial charge < -0.3 is 4.90 Å². The van der Waals surface area contributed by atoms with Crippen LogP contribution in [0.3, 0.4) is 0 Å². The van der Waals surface area contributed by atoms with E-state index in [-0.39, 0.29) is 11.8 Å². The molecule has 2 aromatic rings. The first-order chi connectivity index (χ1) is 9.84. The highest BCUT2D eigenvalue weighted by Gasteiger charge is 2.29. The number of benzene rings is 2. The molecular weight excluding hydrogens is 246 g/mol. The van der Waals surface area contributed by atoms with Crippen LogP contribution >= 0.6 is 0 Å². The quantitative estimate of drug-likeness (QED) is 0.829. The monoisotopic (exact) mass is 265 g/mol. The maximum absolute atomic E-state index is 12.7. The van der Waals surface area contributed by atoms with Gasteiger partial charge in [0.1, 0.15) is 0 Å². The van der Waals surface area contributed by atoms with Crippen molar-refractivity contribution in [2.24, 2.45) is 5.92 Å². The predicted octanol–water partition coefficient (Wildman–Crippen LogP) is 3.67. The Morgan fingerprint density at radius 1 is 0.950 bits per heavy atom. The van der Waals surface area contributed by atoms with E-state index >= 15 is 0 Å². The Hall–Kier alpha value is -2.09. The van der Waals surface area contributed by atoms with Crippen LogP contribution in [0.4, 0.5) is 5.69 Å². The third-order valence-corrected chi connectivity index (χ3v) is 3.94. The Balaban J connectivity index is 1.76. The van der Waals surface area contributed by atoms with Gasteiger partial charge in [-0.1, -0.05) is 48.5 Å². The molecule has 1 fully saturated rings. The average molecular weight is 265 g/mol. The summed E-state index contributed by atoms with van der Waals surface area (Å²) in [5, 5.41) is 0. The van der Waals surface area contributed by atoms with Crippen molar-refractivity contribution in [3.63, 3.8) is 0 Å². The molecular formula is C18H19NO. The van der Waals surface area contributed by atoms with E-state index in [4.69, 9.17) is 0 Å². The molecule has 0 radical (unpaired) electrons. The van der Waals surface area contributed by atoms with E-state index in [0.717, 1.165) is 31.5 Å². The number of hydrogen-bond acceptors (Lipinski definition) is 1. The molecule has 2 aromatic carbocycles. The molecule has 1 aliphatic rings. The fraction of sp³-hybridized carbons (Fsp3) is 0.278. The van der Waals surface area contributed by atoms with E-state index in [1.54, 1.807) is 0 Å².